The number of nitrogens with one attached hydrogen (secondary N) is 1. The molecule has 3 heteroatoms. The van der Waals surface area contributed by atoms with Crippen LogP contribution in [0.15, 0.2) is 22.8 Å². The second-order valence-electron chi connectivity index (χ2n) is 5.38. The minimum absolute atomic E-state index is 0.307. The zero-order chi connectivity index (χ0) is 14.0. The fourth-order valence-electron chi connectivity index (χ4n) is 2.53. The molecule has 1 aromatic rings. The van der Waals surface area contributed by atoms with E-state index in [9.17, 15) is 0 Å². The van der Waals surface area contributed by atoms with Crippen LogP contribution in [0.5, 0.6) is 0 Å². The summed E-state index contributed by atoms with van der Waals surface area (Å²) in [7, 11) is 1.74. The van der Waals surface area contributed by atoms with Crippen molar-refractivity contribution in [2.45, 2.75) is 46.0 Å². The third kappa shape index (κ3) is 5.79. The molecule has 1 atom stereocenters. The maximum atomic E-state index is 5.55. The average molecular weight is 267 g/mol. The molecule has 1 aromatic heterocycles. The maximum absolute atomic E-state index is 5.55. The molecule has 0 bridgehead atoms. The van der Waals surface area contributed by atoms with E-state index in [1.54, 1.807) is 13.4 Å². The summed E-state index contributed by atoms with van der Waals surface area (Å²) in [5.41, 5.74) is 0.307. The van der Waals surface area contributed by atoms with Gasteiger partial charge in [0, 0.05) is 26.6 Å². The van der Waals surface area contributed by atoms with Crippen molar-refractivity contribution in [3.8, 4) is 0 Å². The van der Waals surface area contributed by atoms with Crippen LogP contribution in [0, 0.1) is 5.41 Å². The Labute approximate surface area is 117 Å². The van der Waals surface area contributed by atoms with Crippen LogP contribution in [-0.2, 0) is 11.2 Å². The first-order valence-corrected chi connectivity index (χ1v) is 7.48. The Morgan fingerprint density at radius 2 is 2.21 bits per heavy atom. The molecule has 0 saturated heterocycles. The Bertz CT molecular complexity index is 311. The van der Waals surface area contributed by atoms with E-state index in [0.29, 0.717) is 5.41 Å². The van der Waals surface area contributed by atoms with Gasteiger partial charge in [0.05, 0.1) is 12.9 Å². The van der Waals surface area contributed by atoms with Gasteiger partial charge in [0.1, 0.15) is 5.76 Å². The summed E-state index contributed by atoms with van der Waals surface area (Å²) in [4.78, 5) is 0. The van der Waals surface area contributed by atoms with Crippen LogP contribution in [0.2, 0.25) is 0 Å². The number of hydrogen-bond acceptors (Lipinski definition) is 3. The van der Waals surface area contributed by atoms with E-state index in [1.807, 2.05) is 6.07 Å². The van der Waals surface area contributed by atoms with Gasteiger partial charge >= 0.3 is 0 Å². The number of furan rings is 1. The van der Waals surface area contributed by atoms with Crippen LogP contribution < -0.4 is 5.32 Å². The van der Waals surface area contributed by atoms with E-state index in [4.69, 9.17) is 9.15 Å². The van der Waals surface area contributed by atoms with Crippen LogP contribution in [0.4, 0.5) is 0 Å². The molecule has 0 amide bonds. The van der Waals surface area contributed by atoms with Gasteiger partial charge in [-0.25, -0.2) is 0 Å². The van der Waals surface area contributed by atoms with Crippen molar-refractivity contribution in [2.24, 2.45) is 5.41 Å². The highest BCUT2D eigenvalue weighted by Gasteiger charge is 2.28. The Balaban J connectivity index is 2.58. The molecule has 0 aromatic carbocycles. The van der Waals surface area contributed by atoms with E-state index >= 15 is 0 Å². The highest BCUT2D eigenvalue weighted by Crippen LogP contribution is 2.32. The number of rotatable bonds is 11. The van der Waals surface area contributed by atoms with E-state index in [0.717, 1.165) is 31.9 Å². The Morgan fingerprint density at radius 1 is 1.37 bits per heavy atom. The summed E-state index contributed by atoms with van der Waals surface area (Å²) >= 11 is 0. The fourth-order valence-corrected chi connectivity index (χ4v) is 2.53. The zero-order valence-corrected chi connectivity index (χ0v) is 12.7. The topological polar surface area (TPSA) is 34.4 Å². The van der Waals surface area contributed by atoms with Crippen LogP contribution in [-0.4, -0.2) is 26.8 Å². The van der Waals surface area contributed by atoms with Crippen LogP contribution in [0.3, 0.4) is 0 Å². The number of methoxy groups -OCH3 is 1. The molecule has 1 N–H and O–H groups in total. The highest BCUT2D eigenvalue weighted by atomic mass is 16.5. The van der Waals surface area contributed by atoms with Crippen molar-refractivity contribution >= 4 is 0 Å². The summed E-state index contributed by atoms with van der Waals surface area (Å²) in [6.45, 7) is 7.27. The van der Waals surface area contributed by atoms with Crippen LogP contribution in [0.1, 0.15) is 45.3 Å². The monoisotopic (exact) mass is 267 g/mol. The minimum Gasteiger partial charge on any atom is -0.469 e. The summed E-state index contributed by atoms with van der Waals surface area (Å²) in [6, 6.07) is 4.07. The Morgan fingerprint density at radius 3 is 2.79 bits per heavy atom. The predicted molar refractivity (Wildman–Crippen MR) is 79.4 cm³/mol. The molecule has 1 rings (SSSR count). The van der Waals surface area contributed by atoms with Crippen LogP contribution >= 0.6 is 0 Å². The molecule has 110 valence electrons. The second-order valence-corrected chi connectivity index (χ2v) is 5.38. The summed E-state index contributed by atoms with van der Waals surface area (Å²) < 4.78 is 10.6. The van der Waals surface area contributed by atoms with Crippen LogP contribution in [0.25, 0.3) is 0 Å². The smallest absolute Gasteiger partial charge is 0.104 e. The fraction of sp³-hybridized carbons (Fsp3) is 0.750. The Hall–Kier alpha value is -0.800. The lowest BCUT2D eigenvalue weighted by molar-refractivity contribution is 0.178. The summed E-state index contributed by atoms with van der Waals surface area (Å²) in [5.74, 6) is 1.10. The van der Waals surface area contributed by atoms with Gasteiger partial charge in [-0.1, -0.05) is 26.7 Å². The first-order chi connectivity index (χ1) is 9.26. The van der Waals surface area contributed by atoms with E-state index in [1.165, 1.54) is 25.7 Å². The third-order valence-corrected chi connectivity index (χ3v) is 3.92. The van der Waals surface area contributed by atoms with Crippen molar-refractivity contribution in [2.75, 3.05) is 26.8 Å². The number of unbranched alkanes of at least 4 members (excludes halogenated alkanes) is 1. The van der Waals surface area contributed by atoms with E-state index < -0.39 is 0 Å². The van der Waals surface area contributed by atoms with Gasteiger partial charge in [-0.3, -0.25) is 0 Å². The standard InChI is InChI=1S/C16H29NO2/c1-4-6-9-16(5-2,14-17-10-12-18-3)13-15-8-7-11-19-15/h7-8,11,17H,4-6,9-10,12-14H2,1-3H3. The molecule has 0 saturated carbocycles. The predicted octanol–water partition coefficient (Wildman–Crippen LogP) is 3.64. The number of ether oxygens (including phenoxy) is 1. The molecular formula is C16H29NO2. The first kappa shape index (κ1) is 16.3. The third-order valence-electron chi connectivity index (χ3n) is 3.92. The first-order valence-electron chi connectivity index (χ1n) is 7.48. The SMILES string of the molecule is CCCCC(CC)(CNCCOC)Cc1ccco1. The molecule has 0 spiro atoms. The maximum Gasteiger partial charge on any atom is 0.104 e. The quantitative estimate of drug-likeness (QED) is 0.622. The van der Waals surface area contributed by atoms with Crippen molar-refractivity contribution in [3.05, 3.63) is 24.2 Å². The van der Waals surface area contributed by atoms with Gasteiger partial charge in [-0.2, -0.15) is 0 Å². The molecule has 19 heavy (non-hydrogen) atoms. The van der Waals surface area contributed by atoms with Gasteiger partial charge in [0.2, 0.25) is 0 Å². The molecule has 0 aliphatic carbocycles. The summed E-state index contributed by atoms with van der Waals surface area (Å²) in [5, 5.41) is 3.53. The van der Waals surface area contributed by atoms with Gasteiger partial charge in [-0.15, -0.1) is 0 Å². The molecule has 1 unspecified atom stereocenters. The minimum atomic E-state index is 0.307. The Kier molecular flexibility index (Phi) is 7.84. The van der Waals surface area contributed by atoms with E-state index in [2.05, 4.69) is 25.2 Å². The largest absolute Gasteiger partial charge is 0.469 e. The lowest BCUT2D eigenvalue weighted by atomic mass is 9.76. The molecule has 0 fully saturated rings. The van der Waals surface area contributed by atoms with Gasteiger partial charge in [-0.05, 0) is 30.4 Å². The summed E-state index contributed by atoms with van der Waals surface area (Å²) in [6.07, 6.45) is 7.75. The molecular weight excluding hydrogens is 238 g/mol. The van der Waals surface area contributed by atoms with Gasteiger partial charge in [0.15, 0.2) is 0 Å². The van der Waals surface area contributed by atoms with Crippen molar-refractivity contribution in [3.63, 3.8) is 0 Å². The van der Waals surface area contributed by atoms with Gasteiger partial charge in [0.25, 0.3) is 0 Å². The molecule has 1 heterocycles. The molecule has 0 aliphatic heterocycles. The highest BCUT2D eigenvalue weighted by molar-refractivity contribution is 5.03. The second kappa shape index (κ2) is 9.16. The van der Waals surface area contributed by atoms with Gasteiger partial charge < -0.3 is 14.5 Å². The van der Waals surface area contributed by atoms with Crippen molar-refractivity contribution in [1.82, 2.24) is 5.32 Å². The lowest BCUT2D eigenvalue weighted by Gasteiger charge is -2.32. The van der Waals surface area contributed by atoms with E-state index in [-0.39, 0.29) is 0 Å². The molecule has 0 radical (unpaired) electrons. The average Bonchev–Trinajstić information content (AvgIpc) is 2.93. The lowest BCUT2D eigenvalue weighted by Crippen LogP contribution is -2.37. The van der Waals surface area contributed by atoms with Crippen molar-refractivity contribution < 1.29 is 9.15 Å². The molecule has 0 aliphatic rings. The number of hydrogen-bond donors (Lipinski definition) is 1. The van der Waals surface area contributed by atoms with Crippen molar-refractivity contribution in [1.29, 1.82) is 0 Å². The molecule has 3 nitrogen and oxygen atoms in total. The zero-order valence-electron chi connectivity index (χ0n) is 12.7. The normalized spacial score (nSPS) is 14.5.